The summed E-state index contributed by atoms with van der Waals surface area (Å²) in [5.74, 6) is 1.59. The number of aromatic amines is 1. The van der Waals surface area contributed by atoms with Gasteiger partial charge in [0, 0.05) is 12.2 Å². The van der Waals surface area contributed by atoms with Crippen molar-refractivity contribution in [2.75, 3.05) is 0 Å². The number of para-hydroxylation sites is 2. The van der Waals surface area contributed by atoms with Gasteiger partial charge < -0.3 is 9.55 Å². The molecule has 3 rings (SSSR count). The van der Waals surface area contributed by atoms with E-state index in [1.807, 2.05) is 37.3 Å². The Morgan fingerprint density at radius 2 is 1.89 bits per heavy atom. The van der Waals surface area contributed by atoms with E-state index in [1.165, 1.54) is 5.69 Å². The first-order chi connectivity index (χ1) is 12.9. The summed E-state index contributed by atoms with van der Waals surface area (Å²) >= 11 is 0. The summed E-state index contributed by atoms with van der Waals surface area (Å²) in [6.07, 6.45) is 4.06. The first-order valence-electron chi connectivity index (χ1n) is 9.70. The average Bonchev–Trinajstić information content (AvgIpc) is 3.10. The molecular weight excluding hydrogens is 336 g/mol. The van der Waals surface area contributed by atoms with Gasteiger partial charge in [-0.1, -0.05) is 39.0 Å². The van der Waals surface area contributed by atoms with Gasteiger partial charge in [-0.05, 0) is 44.7 Å². The summed E-state index contributed by atoms with van der Waals surface area (Å²) in [6.45, 7) is 15.6. The van der Waals surface area contributed by atoms with E-state index in [-0.39, 0.29) is 5.69 Å². The maximum Gasteiger partial charge on any atom is 0.326 e. The molecular formula is C22H32N4O. The highest BCUT2D eigenvalue weighted by Gasteiger charge is 2.14. The first-order valence-corrected chi connectivity index (χ1v) is 9.70. The second-order valence-corrected chi connectivity index (χ2v) is 7.26. The van der Waals surface area contributed by atoms with Gasteiger partial charge in [0.05, 0.1) is 23.3 Å². The number of imidazole rings is 2. The van der Waals surface area contributed by atoms with Crippen LogP contribution in [-0.4, -0.2) is 19.1 Å². The fraction of sp³-hybridized carbons (Fsp3) is 0.455. The van der Waals surface area contributed by atoms with Crippen LogP contribution in [0.3, 0.4) is 0 Å². The number of nitrogens with zero attached hydrogens (tertiary/aromatic N) is 3. The number of H-pyrrole nitrogens is 1. The second-order valence-electron chi connectivity index (χ2n) is 7.26. The Labute approximate surface area is 161 Å². The lowest BCUT2D eigenvalue weighted by atomic mass is 10.1. The zero-order valence-electron chi connectivity index (χ0n) is 17.2. The Balaban J connectivity index is 0.000000596. The third-order valence-electron chi connectivity index (χ3n) is 4.74. The molecule has 146 valence electrons. The number of aryl methyl sites for hydroxylation is 1. The van der Waals surface area contributed by atoms with Gasteiger partial charge in [-0.15, -0.1) is 6.58 Å². The van der Waals surface area contributed by atoms with Gasteiger partial charge in [0.1, 0.15) is 5.82 Å². The SMILES string of the molecule is C=CCC.Cc1nc(Cn2c(=O)[nH]c3ccccc32)n(CCC(C)C)c1C. The first kappa shape index (κ1) is 20.7. The summed E-state index contributed by atoms with van der Waals surface area (Å²) in [5.41, 5.74) is 3.93. The molecule has 1 N–H and O–H groups in total. The molecule has 0 bridgehead atoms. The predicted molar refractivity (Wildman–Crippen MR) is 113 cm³/mol. The molecule has 0 aliphatic rings. The highest BCUT2D eigenvalue weighted by Crippen LogP contribution is 2.16. The van der Waals surface area contributed by atoms with Crippen molar-refractivity contribution in [3.63, 3.8) is 0 Å². The molecule has 0 fully saturated rings. The molecule has 0 saturated carbocycles. The van der Waals surface area contributed by atoms with Gasteiger partial charge >= 0.3 is 5.69 Å². The summed E-state index contributed by atoms with van der Waals surface area (Å²) < 4.78 is 4.02. The molecule has 0 aliphatic carbocycles. The molecule has 0 radical (unpaired) electrons. The van der Waals surface area contributed by atoms with Crippen molar-refractivity contribution in [2.45, 2.75) is 60.5 Å². The fourth-order valence-corrected chi connectivity index (χ4v) is 2.93. The molecule has 5 heteroatoms. The van der Waals surface area contributed by atoms with Gasteiger partial charge in [0.25, 0.3) is 0 Å². The molecule has 5 nitrogen and oxygen atoms in total. The average molecular weight is 369 g/mol. The molecule has 1 aromatic carbocycles. The van der Waals surface area contributed by atoms with Crippen LogP contribution in [0.4, 0.5) is 0 Å². The van der Waals surface area contributed by atoms with Gasteiger partial charge in [-0.25, -0.2) is 9.78 Å². The largest absolute Gasteiger partial charge is 0.331 e. The standard InChI is InChI=1S/C18H24N4O.C4H8/c1-12(2)9-10-21-14(4)13(3)19-17(21)11-22-16-8-6-5-7-15(16)20-18(22)23;1-3-4-2/h5-8,12H,9-11H2,1-4H3,(H,20,23);3H,1,4H2,2H3. The minimum absolute atomic E-state index is 0.0834. The normalized spacial score (nSPS) is 10.9. The summed E-state index contributed by atoms with van der Waals surface area (Å²) in [7, 11) is 0. The van der Waals surface area contributed by atoms with Crippen molar-refractivity contribution < 1.29 is 0 Å². The summed E-state index contributed by atoms with van der Waals surface area (Å²) in [4.78, 5) is 19.9. The van der Waals surface area contributed by atoms with Crippen LogP contribution in [0.1, 0.15) is 50.8 Å². The Bertz CT molecular complexity index is 943. The number of benzene rings is 1. The van der Waals surface area contributed by atoms with Crippen LogP contribution in [0.25, 0.3) is 11.0 Å². The minimum Gasteiger partial charge on any atom is -0.331 e. The van der Waals surface area contributed by atoms with Crippen LogP contribution < -0.4 is 5.69 Å². The van der Waals surface area contributed by atoms with E-state index in [0.29, 0.717) is 12.5 Å². The van der Waals surface area contributed by atoms with E-state index < -0.39 is 0 Å². The predicted octanol–water partition coefficient (Wildman–Crippen LogP) is 4.82. The molecule has 0 atom stereocenters. The maximum atomic E-state index is 12.3. The van der Waals surface area contributed by atoms with E-state index in [1.54, 1.807) is 4.57 Å². The van der Waals surface area contributed by atoms with Gasteiger partial charge in [-0.3, -0.25) is 4.57 Å². The minimum atomic E-state index is -0.0834. The zero-order chi connectivity index (χ0) is 20.0. The number of hydrogen-bond donors (Lipinski definition) is 1. The number of aromatic nitrogens is 4. The Morgan fingerprint density at radius 1 is 1.22 bits per heavy atom. The van der Waals surface area contributed by atoms with Gasteiger partial charge in [0.2, 0.25) is 0 Å². The van der Waals surface area contributed by atoms with E-state index >= 15 is 0 Å². The third kappa shape index (κ3) is 5.00. The van der Waals surface area contributed by atoms with Crippen LogP contribution in [0, 0.1) is 19.8 Å². The molecule has 0 unspecified atom stereocenters. The van der Waals surface area contributed by atoms with Crippen LogP contribution >= 0.6 is 0 Å². The molecule has 0 amide bonds. The molecule has 0 aliphatic heterocycles. The Morgan fingerprint density at radius 3 is 2.52 bits per heavy atom. The van der Waals surface area contributed by atoms with Crippen molar-refractivity contribution in [1.82, 2.24) is 19.1 Å². The van der Waals surface area contributed by atoms with Gasteiger partial charge in [0.15, 0.2) is 0 Å². The number of allylic oxidation sites excluding steroid dienone is 1. The number of fused-ring (bicyclic) bond motifs is 1. The summed E-state index contributed by atoms with van der Waals surface area (Å²) in [6, 6.07) is 7.78. The quantitative estimate of drug-likeness (QED) is 0.634. The number of hydrogen-bond acceptors (Lipinski definition) is 2. The number of rotatable bonds is 6. The third-order valence-corrected chi connectivity index (χ3v) is 4.74. The molecule has 0 saturated heterocycles. The van der Waals surface area contributed by atoms with Crippen molar-refractivity contribution in [3.05, 3.63) is 64.6 Å². The van der Waals surface area contributed by atoms with E-state index in [9.17, 15) is 4.79 Å². The van der Waals surface area contributed by atoms with Crippen LogP contribution in [0.5, 0.6) is 0 Å². The van der Waals surface area contributed by atoms with Crippen molar-refractivity contribution in [3.8, 4) is 0 Å². The lowest BCUT2D eigenvalue weighted by Gasteiger charge is -2.12. The van der Waals surface area contributed by atoms with Crippen molar-refractivity contribution in [1.29, 1.82) is 0 Å². The Hall–Kier alpha value is -2.56. The highest BCUT2D eigenvalue weighted by molar-refractivity contribution is 5.74. The molecule has 2 heterocycles. The topological polar surface area (TPSA) is 55.6 Å². The van der Waals surface area contributed by atoms with Crippen LogP contribution in [0.15, 0.2) is 41.7 Å². The molecule has 3 aromatic rings. The summed E-state index contributed by atoms with van der Waals surface area (Å²) in [5, 5.41) is 0. The molecule has 27 heavy (non-hydrogen) atoms. The van der Waals surface area contributed by atoms with Crippen molar-refractivity contribution in [2.24, 2.45) is 5.92 Å². The zero-order valence-corrected chi connectivity index (χ0v) is 17.2. The van der Waals surface area contributed by atoms with Crippen LogP contribution in [-0.2, 0) is 13.1 Å². The van der Waals surface area contributed by atoms with E-state index in [2.05, 4.69) is 43.8 Å². The van der Waals surface area contributed by atoms with E-state index in [4.69, 9.17) is 4.98 Å². The highest BCUT2D eigenvalue weighted by atomic mass is 16.1. The van der Waals surface area contributed by atoms with Gasteiger partial charge in [-0.2, -0.15) is 0 Å². The fourth-order valence-electron chi connectivity index (χ4n) is 2.93. The number of nitrogens with one attached hydrogen (secondary N) is 1. The monoisotopic (exact) mass is 368 g/mol. The molecule has 2 aromatic heterocycles. The lowest BCUT2D eigenvalue weighted by Crippen LogP contribution is -2.20. The molecule has 0 spiro atoms. The lowest BCUT2D eigenvalue weighted by molar-refractivity contribution is 0.495. The van der Waals surface area contributed by atoms with E-state index in [0.717, 1.165) is 41.9 Å². The van der Waals surface area contributed by atoms with Crippen molar-refractivity contribution >= 4 is 11.0 Å². The smallest absolute Gasteiger partial charge is 0.326 e. The Kier molecular flexibility index (Phi) is 7.22. The second kappa shape index (κ2) is 9.40. The maximum absolute atomic E-state index is 12.3. The van der Waals surface area contributed by atoms with Crippen LogP contribution in [0.2, 0.25) is 0 Å².